The lowest BCUT2D eigenvalue weighted by Gasteiger charge is -2.27. The summed E-state index contributed by atoms with van der Waals surface area (Å²) in [5.74, 6) is -0.269. The van der Waals surface area contributed by atoms with Gasteiger partial charge in [-0.05, 0) is 40.7 Å². The van der Waals surface area contributed by atoms with E-state index in [1.54, 1.807) is 4.90 Å². The van der Waals surface area contributed by atoms with E-state index in [1.807, 2.05) is 42.5 Å². The van der Waals surface area contributed by atoms with E-state index < -0.39 is 0 Å². The fourth-order valence-electron chi connectivity index (χ4n) is 3.30. The molecule has 2 amide bonds. The summed E-state index contributed by atoms with van der Waals surface area (Å²) >= 11 is 0. The van der Waals surface area contributed by atoms with Crippen LogP contribution in [0.5, 0.6) is 0 Å². The zero-order valence-corrected chi connectivity index (χ0v) is 16.9. The first kappa shape index (κ1) is 19.9. The van der Waals surface area contributed by atoms with Gasteiger partial charge in [-0.1, -0.05) is 69.3 Å². The molecule has 0 aliphatic carbocycles. The van der Waals surface area contributed by atoms with Crippen molar-refractivity contribution in [2.24, 2.45) is 0 Å². The van der Waals surface area contributed by atoms with E-state index >= 15 is 0 Å². The Morgan fingerprint density at radius 3 is 2.25 bits per heavy atom. The number of amides is 2. The van der Waals surface area contributed by atoms with Gasteiger partial charge in [-0.25, -0.2) is 0 Å². The number of hydrogen-bond acceptors (Lipinski definition) is 2. The van der Waals surface area contributed by atoms with Crippen LogP contribution >= 0.6 is 0 Å². The number of rotatable bonds is 4. The van der Waals surface area contributed by atoms with Crippen LogP contribution in [0.4, 0.5) is 0 Å². The van der Waals surface area contributed by atoms with Crippen LogP contribution in [0.25, 0.3) is 5.57 Å². The monoisotopic (exact) mass is 376 g/mol. The van der Waals surface area contributed by atoms with Gasteiger partial charge in [-0.3, -0.25) is 9.59 Å². The van der Waals surface area contributed by atoms with Gasteiger partial charge in [0, 0.05) is 18.7 Å². The molecule has 146 valence electrons. The van der Waals surface area contributed by atoms with Crippen LogP contribution < -0.4 is 5.32 Å². The summed E-state index contributed by atoms with van der Waals surface area (Å²) in [6.45, 7) is 7.69. The second kappa shape index (κ2) is 8.42. The smallest absolute Gasteiger partial charge is 0.251 e. The quantitative estimate of drug-likeness (QED) is 0.876. The van der Waals surface area contributed by atoms with Gasteiger partial charge in [0.1, 0.15) is 0 Å². The van der Waals surface area contributed by atoms with Crippen molar-refractivity contribution in [3.63, 3.8) is 0 Å². The summed E-state index contributed by atoms with van der Waals surface area (Å²) in [6, 6.07) is 17.8. The highest BCUT2D eigenvalue weighted by Gasteiger charge is 2.19. The van der Waals surface area contributed by atoms with Crippen LogP contribution in [-0.2, 0) is 10.2 Å². The summed E-state index contributed by atoms with van der Waals surface area (Å²) in [5.41, 5.74) is 4.28. The molecule has 4 nitrogen and oxygen atoms in total. The van der Waals surface area contributed by atoms with Gasteiger partial charge in [0.05, 0.1) is 6.54 Å². The number of hydrogen-bond donors (Lipinski definition) is 1. The lowest BCUT2D eigenvalue weighted by Crippen LogP contribution is -2.42. The zero-order valence-electron chi connectivity index (χ0n) is 16.9. The Bertz CT molecular complexity index is 862. The van der Waals surface area contributed by atoms with Gasteiger partial charge in [0.15, 0.2) is 0 Å². The molecule has 0 unspecified atom stereocenters. The average Bonchev–Trinajstić information content (AvgIpc) is 2.72. The van der Waals surface area contributed by atoms with Gasteiger partial charge in [-0.15, -0.1) is 0 Å². The summed E-state index contributed by atoms with van der Waals surface area (Å²) in [5, 5.41) is 2.75. The SMILES string of the molecule is CC(C)(C)c1ccc(C(=O)NCC(=O)N2CC=C(c3ccccc3)CC2)cc1. The third-order valence-electron chi connectivity index (χ3n) is 5.12. The van der Waals surface area contributed by atoms with Crippen LogP contribution in [-0.4, -0.2) is 36.3 Å². The van der Waals surface area contributed by atoms with E-state index in [9.17, 15) is 9.59 Å². The maximum Gasteiger partial charge on any atom is 0.251 e. The number of benzene rings is 2. The first-order valence-electron chi connectivity index (χ1n) is 9.75. The Balaban J connectivity index is 1.52. The number of carbonyl (C=O) groups is 2. The fourth-order valence-corrected chi connectivity index (χ4v) is 3.30. The van der Waals surface area contributed by atoms with Crippen molar-refractivity contribution in [1.82, 2.24) is 10.2 Å². The molecular weight excluding hydrogens is 348 g/mol. The van der Waals surface area contributed by atoms with Crippen LogP contribution in [0.2, 0.25) is 0 Å². The summed E-state index contributed by atoms with van der Waals surface area (Å²) in [6.07, 6.45) is 2.93. The van der Waals surface area contributed by atoms with E-state index in [-0.39, 0.29) is 23.8 Å². The Kier molecular flexibility index (Phi) is 5.98. The molecule has 0 aromatic heterocycles. The van der Waals surface area contributed by atoms with Gasteiger partial charge < -0.3 is 10.2 Å². The maximum atomic E-state index is 12.4. The fraction of sp³-hybridized carbons (Fsp3) is 0.333. The number of nitrogens with one attached hydrogen (secondary N) is 1. The first-order valence-corrected chi connectivity index (χ1v) is 9.75. The van der Waals surface area contributed by atoms with E-state index in [0.29, 0.717) is 18.7 Å². The standard InChI is InChI=1S/C24H28N2O2/c1-24(2,3)21-11-9-20(10-12-21)23(28)25-17-22(27)26-15-13-19(14-16-26)18-7-5-4-6-8-18/h4-13H,14-17H2,1-3H3,(H,25,28). The van der Waals surface area contributed by atoms with E-state index in [4.69, 9.17) is 0 Å². The van der Waals surface area contributed by atoms with Gasteiger partial charge in [0.2, 0.25) is 5.91 Å². The molecule has 28 heavy (non-hydrogen) atoms. The topological polar surface area (TPSA) is 49.4 Å². The molecule has 4 heteroatoms. The van der Waals surface area contributed by atoms with Gasteiger partial charge >= 0.3 is 0 Å². The normalized spacial score (nSPS) is 14.4. The molecule has 1 N–H and O–H groups in total. The minimum atomic E-state index is -0.216. The molecule has 0 radical (unpaired) electrons. The van der Waals surface area contributed by atoms with Crippen molar-refractivity contribution < 1.29 is 9.59 Å². The lowest BCUT2D eigenvalue weighted by molar-refractivity contribution is -0.129. The molecule has 0 saturated carbocycles. The van der Waals surface area contributed by atoms with Crippen LogP contribution in [0.15, 0.2) is 60.7 Å². The minimum absolute atomic E-state index is 0.0222. The van der Waals surface area contributed by atoms with E-state index in [2.05, 4.69) is 44.3 Å². The Labute approximate surface area is 167 Å². The predicted octanol–water partition coefficient (Wildman–Crippen LogP) is 4.03. The number of carbonyl (C=O) groups excluding carboxylic acids is 2. The van der Waals surface area contributed by atoms with Crippen molar-refractivity contribution in [1.29, 1.82) is 0 Å². The highest BCUT2D eigenvalue weighted by atomic mass is 16.2. The second-order valence-electron chi connectivity index (χ2n) is 8.20. The molecule has 2 aromatic carbocycles. The molecular formula is C24H28N2O2. The highest BCUT2D eigenvalue weighted by molar-refractivity contribution is 5.96. The van der Waals surface area contributed by atoms with Gasteiger partial charge in [0.25, 0.3) is 5.91 Å². The third kappa shape index (κ3) is 4.89. The molecule has 0 spiro atoms. The van der Waals surface area contributed by atoms with E-state index in [0.717, 1.165) is 6.42 Å². The Morgan fingerprint density at radius 2 is 1.68 bits per heavy atom. The largest absolute Gasteiger partial charge is 0.343 e. The first-order chi connectivity index (χ1) is 13.3. The zero-order chi connectivity index (χ0) is 20.1. The summed E-state index contributed by atoms with van der Waals surface area (Å²) in [4.78, 5) is 26.6. The number of nitrogens with zero attached hydrogens (tertiary/aromatic N) is 1. The molecule has 1 aliphatic rings. The molecule has 1 heterocycles. The highest BCUT2D eigenvalue weighted by Crippen LogP contribution is 2.23. The molecule has 0 bridgehead atoms. The molecule has 0 fully saturated rings. The summed E-state index contributed by atoms with van der Waals surface area (Å²) in [7, 11) is 0. The lowest BCUT2D eigenvalue weighted by atomic mass is 9.87. The Morgan fingerprint density at radius 1 is 1.00 bits per heavy atom. The molecule has 3 rings (SSSR count). The van der Waals surface area contributed by atoms with Crippen molar-refractivity contribution in [2.75, 3.05) is 19.6 Å². The average molecular weight is 377 g/mol. The summed E-state index contributed by atoms with van der Waals surface area (Å²) < 4.78 is 0. The second-order valence-corrected chi connectivity index (χ2v) is 8.20. The van der Waals surface area contributed by atoms with Crippen molar-refractivity contribution in [2.45, 2.75) is 32.6 Å². The third-order valence-corrected chi connectivity index (χ3v) is 5.12. The van der Waals surface area contributed by atoms with Crippen LogP contribution in [0, 0.1) is 0 Å². The molecule has 2 aromatic rings. The van der Waals surface area contributed by atoms with Crippen molar-refractivity contribution in [3.8, 4) is 0 Å². The predicted molar refractivity (Wildman–Crippen MR) is 113 cm³/mol. The van der Waals surface area contributed by atoms with Crippen molar-refractivity contribution in [3.05, 3.63) is 77.4 Å². The van der Waals surface area contributed by atoms with Gasteiger partial charge in [-0.2, -0.15) is 0 Å². The minimum Gasteiger partial charge on any atom is -0.343 e. The Hall–Kier alpha value is -2.88. The molecule has 0 saturated heterocycles. The molecule has 0 atom stereocenters. The van der Waals surface area contributed by atoms with Crippen LogP contribution in [0.3, 0.4) is 0 Å². The maximum absolute atomic E-state index is 12.4. The van der Waals surface area contributed by atoms with Crippen molar-refractivity contribution >= 4 is 17.4 Å². The van der Waals surface area contributed by atoms with Crippen LogP contribution in [0.1, 0.15) is 48.7 Å². The van der Waals surface area contributed by atoms with E-state index in [1.165, 1.54) is 16.7 Å². The molecule has 1 aliphatic heterocycles.